The van der Waals surface area contributed by atoms with E-state index in [2.05, 4.69) is 28.8 Å². The van der Waals surface area contributed by atoms with Gasteiger partial charge in [0, 0.05) is 45.9 Å². The smallest absolute Gasteiger partial charge is 0.335 e. The Balaban J connectivity index is 1.46. The monoisotopic (exact) mass is 770 g/mol. The molecule has 0 fully saturated rings. The maximum Gasteiger partial charge on any atom is 0.335 e. The van der Waals surface area contributed by atoms with E-state index in [9.17, 15) is 18.3 Å². The highest BCUT2D eigenvalue weighted by molar-refractivity contribution is 8.08. The Bertz CT molecular complexity index is 2260. The summed E-state index contributed by atoms with van der Waals surface area (Å²) in [6, 6.07) is 37.6. The number of benzene rings is 5. The zero-order valence-corrected chi connectivity index (χ0v) is 31.8. The maximum absolute atomic E-state index is 13.4. The lowest BCUT2D eigenvalue weighted by atomic mass is 9.97. The summed E-state index contributed by atoms with van der Waals surface area (Å²) in [7, 11) is -0.600. The highest BCUT2D eigenvalue weighted by atomic mass is 35.5. The van der Waals surface area contributed by atoms with Gasteiger partial charge in [-0.2, -0.15) is 0 Å². The average molecular weight is 771 g/mol. The Morgan fingerprint density at radius 2 is 1.47 bits per heavy atom. The number of nitrogens with zero attached hydrogens (tertiary/aromatic N) is 2. The molecule has 0 atom stereocenters. The third-order valence-corrected chi connectivity index (χ3v) is 11.9. The lowest BCUT2D eigenvalue weighted by Gasteiger charge is -2.26. The first-order valence-electron chi connectivity index (χ1n) is 16.8. The molecule has 9 nitrogen and oxygen atoms in total. The fraction of sp³-hybridized carbons (Fsp3) is 0.195. The van der Waals surface area contributed by atoms with Crippen LogP contribution in [0.3, 0.4) is 0 Å². The first-order valence-corrected chi connectivity index (χ1v) is 19.8. The topological polar surface area (TPSA) is 107 Å². The van der Waals surface area contributed by atoms with E-state index in [0.29, 0.717) is 40.0 Å². The number of carbonyl (C=O) groups is 1. The molecule has 5 aromatic carbocycles. The summed E-state index contributed by atoms with van der Waals surface area (Å²) in [4.78, 5) is 12.1. The third-order valence-electron chi connectivity index (χ3n) is 8.86. The van der Waals surface area contributed by atoms with Gasteiger partial charge < -0.3 is 23.9 Å². The zero-order chi connectivity index (χ0) is 37.5. The van der Waals surface area contributed by atoms with Crippen molar-refractivity contribution in [3.63, 3.8) is 0 Å². The van der Waals surface area contributed by atoms with Gasteiger partial charge in [-0.05, 0) is 89.3 Å². The Labute approximate surface area is 318 Å². The Kier molecular flexibility index (Phi) is 12.0. The first-order chi connectivity index (χ1) is 25.6. The van der Waals surface area contributed by atoms with E-state index in [1.807, 2.05) is 54.6 Å². The van der Waals surface area contributed by atoms with Gasteiger partial charge in [0.15, 0.2) is 11.5 Å². The Morgan fingerprint density at radius 3 is 2.06 bits per heavy atom. The third kappa shape index (κ3) is 8.82. The van der Waals surface area contributed by atoms with E-state index in [-0.39, 0.29) is 24.8 Å². The van der Waals surface area contributed by atoms with Crippen LogP contribution in [-0.2, 0) is 22.9 Å². The van der Waals surface area contributed by atoms with Crippen LogP contribution in [0.4, 0.5) is 0 Å². The van der Waals surface area contributed by atoms with Crippen molar-refractivity contribution in [3.05, 3.63) is 154 Å². The van der Waals surface area contributed by atoms with Crippen molar-refractivity contribution in [1.29, 1.82) is 0 Å². The van der Waals surface area contributed by atoms with Gasteiger partial charge in [0.1, 0.15) is 5.75 Å². The van der Waals surface area contributed by atoms with Crippen molar-refractivity contribution < 1.29 is 32.5 Å². The summed E-state index contributed by atoms with van der Waals surface area (Å²) >= 11 is 7.78. The molecular weight excluding hydrogens is 732 g/mol. The summed E-state index contributed by atoms with van der Waals surface area (Å²) < 4.78 is 47.4. The van der Waals surface area contributed by atoms with E-state index in [1.165, 1.54) is 29.2 Å². The van der Waals surface area contributed by atoms with Crippen molar-refractivity contribution in [1.82, 2.24) is 8.28 Å². The molecule has 0 radical (unpaired) electrons. The number of sulfonamides is 1. The number of hydrogen-bond donors (Lipinski definition) is 1. The molecule has 0 saturated carbocycles. The molecule has 6 aromatic rings. The number of halogens is 1. The van der Waals surface area contributed by atoms with Gasteiger partial charge in [-0.25, -0.2) is 13.2 Å². The number of ether oxygens (including phenoxy) is 3. The highest BCUT2D eigenvalue weighted by Gasteiger charge is 2.28. The molecule has 274 valence electrons. The van der Waals surface area contributed by atoms with Crippen LogP contribution in [0.5, 0.6) is 17.2 Å². The molecule has 0 amide bonds. The number of carboxylic acids is 1. The van der Waals surface area contributed by atoms with Crippen LogP contribution in [0.1, 0.15) is 38.8 Å². The molecular formula is C41H39ClN2O7S2. The number of methoxy groups -OCH3 is 2. The molecule has 6 rings (SSSR count). The van der Waals surface area contributed by atoms with Gasteiger partial charge in [-0.3, -0.25) is 0 Å². The zero-order valence-electron chi connectivity index (χ0n) is 29.4. The second-order valence-corrected chi connectivity index (χ2v) is 15.9. The van der Waals surface area contributed by atoms with Crippen LogP contribution >= 0.6 is 23.5 Å². The molecule has 53 heavy (non-hydrogen) atoms. The molecule has 0 saturated heterocycles. The Morgan fingerprint density at radius 1 is 0.830 bits per heavy atom. The van der Waals surface area contributed by atoms with Crippen LogP contribution in [0.25, 0.3) is 10.9 Å². The van der Waals surface area contributed by atoms with Gasteiger partial charge >= 0.3 is 5.97 Å². The van der Waals surface area contributed by atoms with Crippen LogP contribution in [0.2, 0.25) is 5.02 Å². The summed E-state index contributed by atoms with van der Waals surface area (Å²) in [5, 5.41) is 10.8. The van der Waals surface area contributed by atoms with Crippen molar-refractivity contribution in [2.24, 2.45) is 0 Å². The van der Waals surface area contributed by atoms with Crippen molar-refractivity contribution >= 4 is 50.4 Å². The minimum Gasteiger partial charge on any atom is -0.493 e. The molecule has 0 spiro atoms. The normalized spacial score (nSPS) is 11.7. The van der Waals surface area contributed by atoms with E-state index in [1.54, 1.807) is 37.4 Å². The van der Waals surface area contributed by atoms with Crippen LogP contribution in [0.15, 0.2) is 126 Å². The van der Waals surface area contributed by atoms with Crippen LogP contribution in [-0.4, -0.2) is 61.4 Å². The van der Waals surface area contributed by atoms with E-state index in [0.717, 1.165) is 45.2 Å². The number of rotatable bonds is 16. The second-order valence-electron chi connectivity index (χ2n) is 12.3. The lowest BCUT2D eigenvalue weighted by molar-refractivity contribution is 0.0696. The fourth-order valence-electron chi connectivity index (χ4n) is 6.44. The maximum atomic E-state index is 13.4. The van der Waals surface area contributed by atoms with Crippen molar-refractivity contribution in [2.75, 3.05) is 33.6 Å². The SMILES string of the molecule is COc1ccc(SN(CCc2c(CCOc3ccc(C(=O)O)cc3)c3cc(Cl)ccc3n2C(c2ccccc2)c2ccccc2)S(C)(=O)=O)cc1OC. The van der Waals surface area contributed by atoms with E-state index in [4.69, 9.17) is 25.8 Å². The van der Waals surface area contributed by atoms with Crippen LogP contribution < -0.4 is 14.2 Å². The predicted octanol–water partition coefficient (Wildman–Crippen LogP) is 8.78. The highest BCUT2D eigenvalue weighted by Crippen LogP contribution is 2.39. The van der Waals surface area contributed by atoms with Gasteiger partial charge in [-0.15, -0.1) is 3.71 Å². The minimum absolute atomic E-state index is 0.155. The molecule has 1 aromatic heterocycles. The summed E-state index contributed by atoms with van der Waals surface area (Å²) in [5.74, 6) is 0.573. The predicted molar refractivity (Wildman–Crippen MR) is 210 cm³/mol. The molecule has 0 aliphatic carbocycles. The number of carboxylic acid groups (broad SMARTS) is 1. The summed E-state index contributed by atoms with van der Waals surface area (Å²) in [6.45, 7) is 0.436. The molecule has 0 unspecified atom stereocenters. The number of fused-ring (bicyclic) bond motifs is 1. The fourth-order valence-corrected chi connectivity index (χ4v) is 8.55. The van der Waals surface area contributed by atoms with Crippen molar-refractivity contribution in [3.8, 4) is 17.2 Å². The Hall–Kier alpha value is -4.94. The number of aromatic nitrogens is 1. The van der Waals surface area contributed by atoms with Gasteiger partial charge in [0.2, 0.25) is 10.0 Å². The van der Waals surface area contributed by atoms with Gasteiger partial charge in [-0.1, -0.05) is 72.3 Å². The van der Waals surface area contributed by atoms with Crippen molar-refractivity contribution in [2.45, 2.75) is 23.8 Å². The quantitative estimate of drug-likeness (QED) is 0.0974. The van der Waals surface area contributed by atoms with E-state index >= 15 is 0 Å². The lowest BCUT2D eigenvalue weighted by Crippen LogP contribution is -2.27. The van der Waals surface area contributed by atoms with Gasteiger partial charge in [0.05, 0.1) is 38.7 Å². The first kappa shape index (κ1) is 37.8. The number of aromatic carboxylic acids is 1. The number of hydrogen-bond acceptors (Lipinski definition) is 7. The minimum atomic E-state index is -3.69. The molecule has 1 N–H and O–H groups in total. The van der Waals surface area contributed by atoms with Gasteiger partial charge in [0.25, 0.3) is 0 Å². The molecule has 0 bridgehead atoms. The van der Waals surface area contributed by atoms with E-state index < -0.39 is 16.0 Å². The average Bonchev–Trinajstić information content (AvgIpc) is 3.45. The standard InChI is InChI=1S/C41H39ClN2O7S2/c1-49-38-21-19-33(27-39(38)50-2)52-43(53(3,47)48)24-22-37-34(23-25-51-32-17-14-30(15-18-32)41(45)46)35-26-31(42)16-20-36(35)44(37)40(28-10-6-4-7-11-28)29-12-8-5-9-13-29/h4-21,26-27,40H,22-25H2,1-3H3,(H,45,46). The molecule has 12 heteroatoms. The molecule has 0 aliphatic rings. The summed E-state index contributed by atoms with van der Waals surface area (Å²) in [5.41, 5.74) is 5.16. The largest absolute Gasteiger partial charge is 0.493 e. The molecule has 1 heterocycles. The van der Waals surface area contributed by atoms with Crippen LogP contribution in [0, 0.1) is 0 Å². The molecule has 0 aliphatic heterocycles. The summed E-state index contributed by atoms with van der Waals surface area (Å²) in [6.07, 6.45) is 2.04. The second kappa shape index (κ2) is 16.8.